The summed E-state index contributed by atoms with van der Waals surface area (Å²) in [5, 5.41) is 0. The Hall–Kier alpha value is -1.81. The maximum Gasteiger partial charge on any atom is 0.121 e. The van der Waals surface area contributed by atoms with Crippen LogP contribution < -0.4 is 10.5 Å². The van der Waals surface area contributed by atoms with E-state index in [9.17, 15) is 0 Å². The van der Waals surface area contributed by atoms with Gasteiger partial charge in [0.1, 0.15) is 5.75 Å². The maximum atomic E-state index is 5.51. The molecule has 0 atom stereocenters. The van der Waals surface area contributed by atoms with E-state index in [1.807, 2.05) is 36.1 Å². The zero-order valence-corrected chi connectivity index (χ0v) is 10.2. The van der Waals surface area contributed by atoms with E-state index >= 15 is 0 Å². The Bertz CT molecular complexity index is 505. The van der Waals surface area contributed by atoms with Gasteiger partial charge in [-0.25, -0.2) is 4.98 Å². The number of hydrogen-bond acceptors (Lipinski definition) is 3. The van der Waals surface area contributed by atoms with Crippen molar-refractivity contribution < 1.29 is 4.74 Å². The number of aromatic nitrogens is 2. The summed E-state index contributed by atoms with van der Waals surface area (Å²) in [6.45, 7) is 3.44. The quantitative estimate of drug-likeness (QED) is 0.873. The van der Waals surface area contributed by atoms with Crippen LogP contribution in [0.5, 0.6) is 5.75 Å². The smallest absolute Gasteiger partial charge is 0.121 e. The fourth-order valence-corrected chi connectivity index (χ4v) is 1.82. The Morgan fingerprint density at radius 3 is 2.88 bits per heavy atom. The van der Waals surface area contributed by atoms with E-state index in [0.29, 0.717) is 6.54 Å². The summed E-state index contributed by atoms with van der Waals surface area (Å²) in [4.78, 5) is 4.37. The van der Waals surface area contributed by atoms with Gasteiger partial charge in [-0.1, -0.05) is 0 Å². The Kier molecular flexibility index (Phi) is 3.44. The fraction of sp³-hybridized carbons (Fsp3) is 0.308. The second-order valence-corrected chi connectivity index (χ2v) is 3.97. The molecule has 4 heteroatoms. The van der Waals surface area contributed by atoms with Gasteiger partial charge in [-0.05, 0) is 30.7 Å². The summed E-state index contributed by atoms with van der Waals surface area (Å²) < 4.78 is 7.23. The fourth-order valence-electron chi connectivity index (χ4n) is 1.82. The van der Waals surface area contributed by atoms with Crippen LogP contribution in [0.15, 0.2) is 30.7 Å². The molecule has 0 radical (unpaired) electrons. The van der Waals surface area contributed by atoms with Crippen LogP contribution in [0.3, 0.4) is 0 Å². The lowest BCUT2D eigenvalue weighted by Crippen LogP contribution is -2.07. The van der Waals surface area contributed by atoms with Crippen LogP contribution in [0.25, 0.3) is 11.3 Å². The number of ether oxygens (including phenoxy) is 1. The van der Waals surface area contributed by atoms with Gasteiger partial charge in [-0.3, -0.25) is 0 Å². The van der Waals surface area contributed by atoms with E-state index in [4.69, 9.17) is 10.5 Å². The third-order valence-corrected chi connectivity index (χ3v) is 2.71. The van der Waals surface area contributed by atoms with Gasteiger partial charge in [0.05, 0.1) is 19.1 Å². The number of aryl methyl sites for hydroxylation is 1. The molecular weight excluding hydrogens is 214 g/mol. The maximum absolute atomic E-state index is 5.51. The average molecular weight is 231 g/mol. The number of nitrogens with two attached hydrogens (primary N) is 1. The van der Waals surface area contributed by atoms with Crippen molar-refractivity contribution in [2.45, 2.75) is 13.5 Å². The molecule has 2 aromatic rings. The molecule has 0 unspecified atom stereocenters. The molecule has 4 nitrogen and oxygen atoms in total. The van der Waals surface area contributed by atoms with Gasteiger partial charge in [-0.2, -0.15) is 0 Å². The van der Waals surface area contributed by atoms with Gasteiger partial charge in [0, 0.05) is 24.8 Å². The summed E-state index contributed by atoms with van der Waals surface area (Å²) in [6, 6.07) is 6.06. The van der Waals surface area contributed by atoms with Crippen LogP contribution in [-0.2, 0) is 6.54 Å². The van der Waals surface area contributed by atoms with Crippen molar-refractivity contribution >= 4 is 0 Å². The Balaban J connectivity index is 2.29. The topological polar surface area (TPSA) is 53.1 Å². The van der Waals surface area contributed by atoms with Crippen LogP contribution in [0.4, 0.5) is 0 Å². The Morgan fingerprint density at radius 2 is 2.24 bits per heavy atom. The highest BCUT2D eigenvalue weighted by molar-refractivity contribution is 5.61. The first-order valence-electron chi connectivity index (χ1n) is 5.61. The number of imidazole rings is 1. The minimum Gasteiger partial charge on any atom is -0.496 e. The summed E-state index contributed by atoms with van der Waals surface area (Å²) in [7, 11) is 1.68. The molecule has 0 saturated heterocycles. The summed E-state index contributed by atoms with van der Waals surface area (Å²) in [6.07, 6.45) is 3.82. The highest BCUT2D eigenvalue weighted by Gasteiger charge is 2.05. The Labute approximate surface area is 101 Å². The number of methoxy groups -OCH3 is 1. The first kappa shape index (κ1) is 11.7. The molecule has 0 aliphatic rings. The van der Waals surface area contributed by atoms with Gasteiger partial charge >= 0.3 is 0 Å². The molecule has 0 aliphatic carbocycles. The normalized spacial score (nSPS) is 10.5. The molecule has 1 aromatic carbocycles. The summed E-state index contributed by atoms with van der Waals surface area (Å²) >= 11 is 0. The summed E-state index contributed by atoms with van der Waals surface area (Å²) in [5.74, 6) is 0.898. The molecular formula is C13H17N3O. The van der Waals surface area contributed by atoms with E-state index < -0.39 is 0 Å². The number of hydrogen-bond donors (Lipinski definition) is 1. The summed E-state index contributed by atoms with van der Waals surface area (Å²) in [5.41, 5.74) is 8.67. The van der Waals surface area contributed by atoms with Crippen molar-refractivity contribution in [3.05, 3.63) is 36.3 Å². The molecule has 0 saturated carbocycles. The number of benzene rings is 1. The van der Waals surface area contributed by atoms with E-state index in [2.05, 4.69) is 11.1 Å². The van der Waals surface area contributed by atoms with Crippen LogP contribution in [0.2, 0.25) is 0 Å². The predicted octanol–water partition coefficient (Wildman–Crippen LogP) is 1.83. The zero-order valence-electron chi connectivity index (χ0n) is 10.2. The molecule has 1 heterocycles. The van der Waals surface area contributed by atoms with E-state index in [0.717, 1.165) is 29.1 Å². The van der Waals surface area contributed by atoms with Crippen molar-refractivity contribution in [3.8, 4) is 17.0 Å². The molecule has 0 bridgehead atoms. The second-order valence-electron chi connectivity index (χ2n) is 3.97. The van der Waals surface area contributed by atoms with Gasteiger partial charge in [0.25, 0.3) is 0 Å². The third kappa shape index (κ3) is 2.47. The first-order valence-corrected chi connectivity index (χ1v) is 5.61. The molecule has 1 aromatic heterocycles. The average Bonchev–Trinajstić information content (AvgIpc) is 2.78. The minimum atomic E-state index is 0.622. The number of rotatable bonds is 4. The second kappa shape index (κ2) is 5.01. The minimum absolute atomic E-state index is 0.622. The van der Waals surface area contributed by atoms with E-state index in [-0.39, 0.29) is 0 Å². The lowest BCUT2D eigenvalue weighted by atomic mass is 10.1. The Morgan fingerprint density at radius 1 is 1.41 bits per heavy atom. The predicted molar refractivity (Wildman–Crippen MR) is 68.0 cm³/mol. The SMILES string of the molecule is COc1ccc(-c2cn(CCN)cn2)cc1C. The van der Waals surface area contributed by atoms with Crippen molar-refractivity contribution in [2.75, 3.05) is 13.7 Å². The van der Waals surface area contributed by atoms with Crippen LogP contribution in [0.1, 0.15) is 5.56 Å². The molecule has 0 aliphatic heterocycles. The van der Waals surface area contributed by atoms with Crippen LogP contribution in [-0.4, -0.2) is 23.2 Å². The molecule has 2 rings (SSSR count). The van der Waals surface area contributed by atoms with Crippen LogP contribution >= 0.6 is 0 Å². The lowest BCUT2D eigenvalue weighted by molar-refractivity contribution is 0.412. The van der Waals surface area contributed by atoms with E-state index in [1.165, 1.54) is 0 Å². The molecule has 0 amide bonds. The first-order chi connectivity index (χ1) is 8.24. The largest absolute Gasteiger partial charge is 0.496 e. The van der Waals surface area contributed by atoms with Crippen molar-refractivity contribution in [2.24, 2.45) is 5.73 Å². The molecule has 0 spiro atoms. The van der Waals surface area contributed by atoms with Gasteiger partial charge in [0.15, 0.2) is 0 Å². The van der Waals surface area contributed by atoms with E-state index in [1.54, 1.807) is 7.11 Å². The third-order valence-electron chi connectivity index (χ3n) is 2.71. The van der Waals surface area contributed by atoms with Gasteiger partial charge < -0.3 is 15.0 Å². The zero-order chi connectivity index (χ0) is 12.3. The van der Waals surface area contributed by atoms with Crippen molar-refractivity contribution in [1.82, 2.24) is 9.55 Å². The lowest BCUT2D eigenvalue weighted by Gasteiger charge is -2.05. The number of nitrogens with zero attached hydrogens (tertiary/aromatic N) is 2. The standard InChI is InChI=1S/C13H17N3O/c1-10-7-11(3-4-13(10)17-2)12-8-16(6-5-14)9-15-12/h3-4,7-9H,5-6,14H2,1-2H3. The highest BCUT2D eigenvalue weighted by Crippen LogP contribution is 2.24. The molecule has 17 heavy (non-hydrogen) atoms. The van der Waals surface area contributed by atoms with Crippen molar-refractivity contribution in [1.29, 1.82) is 0 Å². The molecule has 90 valence electrons. The molecule has 2 N–H and O–H groups in total. The van der Waals surface area contributed by atoms with Gasteiger partial charge in [-0.15, -0.1) is 0 Å². The molecule has 0 fully saturated rings. The van der Waals surface area contributed by atoms with Gasteiger partial charge in [0.2, 0.25) is 0 Å². The van der Waals surface area contributed by atoms with Crippen LogP contribution in [0, 0.1) is 6.92 Å². The monoisotopic (exact) mass is 231 g/mol. The van der Waals surface area contributed by atoms with Crippen molar-refractivity contribution in [3.63, 3.8) is 0 Å². The highest BCUT2D eigenvalue weighted by atomic mass is 16.5.